The molecule has 0 aliphatic carbocycles. The first-order valence-corrected chi connectivity index (χ1v) is 9.45. The summed E-state index contributed by atoms with van der Waals surface area (Å²) in [6.45, 7) is 4.66. The fourth-order valence-corrected chi connectivity index (χ4v) is 3.74. The van der Waals surface area contributed by atoms with Gasteiger partial charge < -0.3 is 10.2 Å². The van der Waals surface area contributed by atoms with E-state index >= 15 is 0 Å². The van der Waals surface area contributed by atoms with E-state index in [2.05, 4.69) is 34.6 Å². The van der Waals surface area contributed by atoms with Crippen LogP contribution in [0.2, 0.25) is 0 Å². The van der Waals surface area contributed by atoms with Gasteiger partial charge in [0.15, 0.2) is 0 Å². The molecule has 0 bridgehead atoms. The van der Waals surface area contributed by atoms with E-state index in [1.807, 2.05) is 19.1 Å². The SMILES string of the molecule is CCCC(=O)Nc1nnc([C@H]2CC(=O)N(c3ccc(CC)cc3)C2)s1. The minimum Gasteiger partial charge on any atom is -0.312 e. The van der Waals surface area contributed by atoms with Crippen LogP contribution in [-0.4, -0.2) is 28.6 Å². The van der Waals surface area contributed by atoms with Gasteiger partial charge in [0, 0.05) is 31.0 Å². The van der Waals surface area contributed by atoms with E-state index in [9.17, 15) is 9.59 Å². The van der Waals surface area contributed by atoms with Crippen molar-refractivity contribution < 1.29 is 9.59 Å². The maximum atomic E-state index is 12.4. The van der Waals surface area contributed by atoms with E-state index < -0.39 is 0 Å². The van der Waals surface area contributed by atoms with E-state index in [4.69, 9.17) is 0 Å². The summed E-state index contributed by atoms with van der Waals surface area (Å²) in [5, 5.41) is 12.3. The zero-order valence-corrected chi connectivity index (χ0v) is 15.3. The van der Waals surface area contributed by atoms with Crippen LogP contribution >= 0.6 is 11.3 Å². The van der Waals surface area contributed by atoms with Gasteiger partial charge >= 0.3 is 0 Å². The highest BCUT2D eigenvalue weighted by molar-refractivity contribution is 7.15. The van der Waals surface area contributed by atoms with Crippen molar-refractivity contribution in [2.75, 3.05) is 16.8 Å². The van der Waals surface area contributed by atoms with Crippen molar-refractivity contribution in [2.45, 2.75) is 45.4 Å². The number of carbonyl (C=O) groups excluding carboxylic acids is 2. The highest BCUT2D eigenvalue weighted by Gasteiger charge is 2.33. The number of aromatic nitrogens is 2. The molecule has 0 unspecified atom stereocenters. The third kappa shape index (κ3) is 4.04. The number of carbonyl (C=O) groups is 2. The average Bonchev–Trinajstić information content (AvgIpc) is 3.22. The summed E-state index contributed by atoms with van der Waals surface area (Å²) >= 11 is 1.36. The Labute approximate surface area is 151 Å². The number of nitrogens with zero attached hydrogens (tertiary/aromatic N) is 3. The molecule has 1 fully saturated rings. The largest absolute Gasteiger partial charge is 0.312 e. The van der Waals surface area contributed by atoms with Crippen LogP contribution in [-0.2, 0) is 16.0 Å². The molecule has 132 valence electrons. The third-order valence-corrected chi connectivity index (χ3v) is 5.30. The highest BCUT2D eigenvalue weighted by Crippen LogP contribution is 2.34. The number of benzene rings is 1. The Hall–Kier alpha value is -2.28. The van der Waals surface area contributed by atoms with E-state index in [0.717, 1.165) is 23.5 Å². The molecule has 1 atom stereocenters. The molecule has 1 aliphatic heterocycles. The summed E-state index contributed by atoms with van der Waals surface area (Å²) in [5.41, 5.74) is 2.18. The number of aryl methyl sites for hydroxylation is 1. The highest BCUT2D eigenvalue weighted by atomic mass is 32.1. The van der Waals surface area contributed by atoms with Crippen molar-refractivity contribution in [2.24, 2.45) is 0 Å². The minimum absolute atomic E-state index is 0.0210. The summed E-state index contributed by atoms with van der Waals surface area (Å²) in [6.07, 6.45) is 2.67. The molecule has 1 aliphatic rings. The molecule has 2 amide bonds. The van der Waals surface area contributed by atoms with Crippen LogP contribution in [0.4, 0.5) is 10.8 Å². The number of anilines is 2. The van der Waals surface area contributed by atoms with Gasteiger partial charge in [0.1, 0.15) is 5.01 Å². The van der Waals surface area contributed by atoms with Crippen molar-refractivity contribution >= 4 is 34.0 Å². The lowest BCUT2D eigenvalue weighted by molar-refractivity contribution is -0.117. The second-order valence-electron chi connectivity index (χ2n) is 6.17. The molecular formula is C18H22N4O2S. The molecule has 2 heterocycles. The molecule has 1 aromatic carbocycles. The normalized spacial score (nSPS) is 17.1. The fourth-order valence-electron chi connectivity index (χ4n) is 2.89. The Kier molecular flexibility index (Phi) is 5.43. The minimum atomic E-state index is -0.0506. The lowest BCUT2D eigenvalue weighted by atomic mass is 10.1. The summed E-state index contributed by atoms with van der Waals surface area (Å²) in [6, 6.07) is 8.11. The predicted molar refractivity (Wildman–Crippen MR) is 99.0 cm³/mol. The maximum absolute atomic E-state index is 12.4. The van der Waals surface area contributed by atoms with Crippen LogP contribution < -0.4 is 10.2 Å². The summed E-state index contributed by atoms with van der Waals surface area (Å²) < 4.78 is 0. The number of rotatable bonds is 6. The zero-order chi connectivity index (χ0) is 17.8. The van der Waals surface area contributed by atoms with Crippen LogP contribution in [0.1, 0.15) is 49.6 Å². The number of hydrogen-bond acceptors (Lipinski definition) is 5. The van der Waals surface area contributed by atoms with E-state index in [1.54, 1.807) is 4.90 Å². The molecule has 0 radical (unpaired) electrons. The van der Waals surface area contributed by atoms with Crippen molar-refractivity contribution in [1.82, 2.24) is 10.2 Å². The van der Waals surface area contributed by atoms with Crippen LogP contribution in [0.15, 0.2) is 24.3 Å². The molecule has 6 nitrogen and oxygen atoms in total. The van der Waals surface area contributed by atoms with Crippen molar-refractivity contribution in [3.05, 3.63) is 34.8 Å². The van der Waals surface area contributed by atoms with Crippen molar-refractivity contribution in [3.8, 4) is 0 Å². The van der Waals surface area contributed by atoms with Gasteiger partial charge in [-0.2, -0.15) is 0 Å². The molecule has 1 saturated heterocycles. The smallest absolute Gasteiger partial charge is 0.227 e. The standard InChI is InChI=1S/C18H22N4O2S/c1-3-5-15(23)19-18-21-20-17(25-18)13-10-16(24)22(11-13)14-8-6-12(4-2)7-9-14/h6-9,13H,3-5,10-11H2,1-2H3,(H,19,21,23)/t13-/m0/s1. The molecule has 7 heteroatoms. The van der Waals surface area contributed by atoms with Gasteiger partial charge in [-0.3, -0.25) is 9.59 Å². The Morgan fingerprint density at radius 2 is 2.04 bits per heavy atom. The maximum Gasteiger partial charge on any atom is 0.227 e. The lowest BCUT2D eigenvalue weighted by Crippen LogP contribution is -2.24. The van der Waals surface area contributed by atoms with Crippen molar-refractivity contribution in [3.63, 3.8) is 0 Å². The van der Waals surface area contributed by atoms with Gasteiger partial charge in [-0.25, -0.2) is 0 Å². The van der Waals surface area contributed by atoms with Gasteiger partial charge in [-0.05, 0) is 30.5 Å². The monoisotopic (exact) mass is 358 g/mol. The Bertz CT molecular complexity index is 757. The molecule has 0 saturated carbocycles. The van der Waals surface area contributed by atoms with E-state index in [1.165, 1.54) is 16.9 Å². The average molecular weight is 358 g/mol. The van der Waals surface area contributed by atoms with Gasteiger partial charge in [0.25, 0.3) is 0 Å². The Balaban J connectivity index is 1.67. The second kappa shape index (κ2) is 7.74. The Morgan fingerprint density at radius 1 is 1.28 bits per heavy atom. The van der Waals surface area contributed by atoms with Crippen LogP contribution in [0.5, 0.6) is 0 Å². The van der Waals surface area contributed by atoms with Crippen LogP contribution in [0.3, 0.4) is 0 Å². The predicted octanol–water partition coefficient (Wildman–Crippen LogP) is 3.36. The van der Waals surface area contributed by atoms with Crippen molar-refractivity contribution in [1.29, 1.82) is 0 Å². The van der Waals surface area contributed by atoms with Gasteiger partial charge in [-0.15, -0.1) is 10.2 Å². The topological polar surface area (TPSA) is 75.2 Å². The molecule has 1 N–H and O–H groups in total. The first-order valence-electron chi connectivity index (χ1n) is 8.63. The van der Waals surface area contributed by atoms with Gasteiger partial charge in [0.05, 0.1) is 0 Å². The molecule has 2 aromatic rings. The summed E-state index contributed by atoms with van der Waals surface area (Å²) in [4.78, 5) is 25.9. The van der Waals surface area contributed by atoms with E-state index in [0.29, 0.717) is 24.5 Å². The van der Waals surface area contributed by atoms with Gasteiger partial charge in [0.2, 0.25) is 16.9 Å². The number of nitrogens with one attached hydrogen (secondary N) is 1. The molecule has 1 aromatic heterocycles. The quantitative estimate of drug-likeness (QED) is 0.859. The van der Waals surface area contributed by atoms with Gasteiger partial charge in [-0.1, -0.05) is 37.3 Å². The second-order valence-corrected chi connectivity index (χ2v) is 7.18. The molecule has 0 spiro atoms. The molecule has 3 rings (SSSR count). The molecular weight excluding hydrogens is 336 g/mol. The van der Waals surface area contributed by atoms with Crippen LogP contribution in [0, 0.1) is 0 Å². The molecule has 25 heavy (non-hydrogen) atoms. The summed E-state index contributed by atoms with van der Waals surface area (Å²) in [7, 11) is 0. The van der Waals surface area contributed by atoms with Crippen LogP contribution in [0.25, 0.3) is 0 Å². The Morgan fingerprint density at radius 3 is 2.72 bits per heavy atom. The fraction of sp³-hybridized carbons (Fsp3) is 0.444. The van der Waals surface area contributed by atoms with E-state index in [-0.39, 0.29) is 17.7 Å². The third-order valence-electron chi connectivity index (χ3n) is 4.29. The zero-order valence-electron chi connectivity index (χ0n) is 14.5. The number of hydrogen-bond donors (Lipinski definition) is 1. The summed E-state index contributed by atoms with van der Waals surface area (Å²) in [5.74, 6) is 0.0686. The number of amides is 2. The first-order chi connectivity index (χ1) is 12.1. The first kappa shape index (κ1) is 17.5. The lowest BCUT2D eigenvalue weighted by Gasteiger charge is -2.16.